The second-order valence-electron chi connectivity index (χ2n) is 4.17. The molecule has 0 atom stereocenters. The number of nitrogens with one attached hydrogen (secondary N) is 1. The van der Waals surface area contributed by atoms with Crippen molar-refractivity contribution in [3.05, 3.63) is 47.9 Å². The van der Waals surface area contributed by atoms with Gasteiger partial charge in [-0.2, -0.15) is 0 Å². The molecule has 20 heavy (non-hydrogen) atoms. The van der Waals surface area contributed by atoms with Crippen LogP contribution in [0.15, 0.2) is 36.4 Å². The Kier molecular flexibility index (Phi) is 5.28. The van der Waals surface area contributed by atoms with E-state index in [4.69, 9.17) is 15.3 Å². The summed E-state index contributed by atoms with van der Waals surface area (Å²) >= 11 is 0. The van der Waals surface area contributed by atoms with E-state index < -0.39 is 0 Å². The average molecular weight is 274 g/mol. The molecule has 0 saturated carbocycles. The molecule has 0 bridgehead atoms. The molecule has 6 nitrogen and oxygen atoms in total. The predicted octanol–water partition coefficient (Wildman–Crippen LogP) is 1.67. The first-order valence-electron chi connectivity index (χ1n) is 6.34. The van der Waals surface area contributed by atoms with Crippen LogP contribution in [0, 0.1) is 6.92 Å². The highest BCUT2D eigenvalue weighted by Crippen LogP contribution is 2.08. The molecule has 0 amide bonds. The third kappa shape index (κ3) is 4.49. The third-order valence-electron chi connectivity index (χ3n) is 2.52. The highest BCUT2D eigenvalue weighted by Gasteiger charge is 2.01. The van der Waals surface area contributed by atoms with Crippen molar-refractivity contribution in [1.29, 1.82) is 0 Å². The van der Waals surface area contributed by atoms with Crippen molar-refractivity contribution in [2.24, 2.45) is 5.84 Å². The predicted molar refractivity (Wildman–Crippen MR) is 76.2 cm³/mol. The van der Waals surface area contributed by atoms with Crippen molar-refractivity contribution < 1.29 is 9.47 Å². The molecule has 2 aromatic rings. The first kappa shape index (κ1) is 14.2. The Morgan fingerprint density at radius 1 is 1.15 bits per heavy atom. The molecule has 3 N–H and O–H groups in total. The molecule has 1 heterocycles. The van der Waals surface area contributed by atoms with Gasteiger partial charge in [-0.05, 0) is 19.1 Å². The van der Waals surface area contributed by atoms with Gasteiger partial charge in [-0.3, -0.25) is 0 Å². The minimum absolute atomic E-state index is 0.328. The van der Waals surface area contributed by atoms with E-state index in [1.165, 1.54) is 0 Å². The number of hydrogen-bond donors (Lipinski definition) is 2. The first-order valence-corrected chi connectivity index (χ1v) is 6.34. The summed E-state index contributed by atoms with van der Waals surface area (Å²) in [5.41, 5.74) is 3.34. The lowest BCUT2D eigenvalue weighted by Gasteiger charge is -2.08. The molecule has 0 radical (unpaired) electrons. The number of rotatable bonds is 7. The van der Waals surface area contributed by atoms with E-state index in [1.807, 2.05) is 37.3 Å². The van der Waals surface area contributed by atoms with E-state index in [2.05, 4.69) is 15.4 Å². The minimum Gasteiger partial charge on any atom is -0.491 e. The van der Waals surface area contributed by atoms with Crippen LogP contribution in [-0.2, 0) is 11.3 Å². The maximum absolute atomic E-state index is 5.51. The van der Waals surface area contributed by atoms with Crippen LogP contribution < -0.4 is 16.0 Å². The van der Waals surface area contributed by atoms with Gasteiger partial charge >= 0.3 is 0 Å². The summed E-state index contributed by atoms with van der Waals surface area (Å²) in [5.74, 6) is 7.33. The molecular formula is C14H18N4O2. The Morgan fingerprint density at radius 2 is 1.95 bits per heavy atom. The number of aryl methyl sites for hydroxylation is 1. The van der Waals surface area contributed by atoms with Crippen molar-refractivity contribution in [1.82, 2.24) is 9.97 Å². The molecule has 0 spiro atoms. The summed E-state index contributed by atoms with van der Waals surface area (Å²) in [6, 6.07) is 11.4. The van der Waals surface area contributed by atoms with Crippen LogP contribution in [0.4, 0.5) is 5.82 Å². The van der Waals surface area contributed by atoms with Crippen LogP contribution in [0.25, 0.3) is 0 Å². The third-order valence-corrected chi connectivity index (χ3v) is 2.52. The summed E-state index contributed by atoms with van der Waals surface area (Å²) in [5, 5.41) is 0. The second kappa shape index (κ2) is 7.42. The topological polar surface area (TPSA) is 82.3 Å². The van der Waals surface area contributed by atoms with E-state index >= 15 is 0 Å². The van der Waals surface area contributed by atoms with Crippen LogP contribution in [-0.4, -0.2) is 23.2 Å². The number of nitrogen functional groups attached to an aromatic ring is 1. The van der Waals surface area contributed by atoms with Gasteiger partial charge in [0.1, 0.15) is 24.8 Å². The lowest BCUT2D eigenvalue weighted by Crippen LogP contribution is -2.12. The van der Waals surface area contributed by atoms with Gasteiger partial charge < -0.3 is 14.9 Å². The zero-order chi connectivity index (χ0) is 14.2. The molecule has 0 saturated heterocycles. The summed E-state index contributed by atoms with van der Waals surface area (Å²) in [6.07, 6.45) is 0. The number of hydrogen-bond acceptors (Lipinski definition) is 6. The number of nitrogens with zero attached hydrogens (tertiary/aromatic N) is 2. The lowest BCUT2D eigenvalue weighted by molar-refractivity contribution is 0.0848. The Hall–Kier alpha value is -2.18. The van der Waals surface area contributed by atoms with Crippen LogP contribution >= 0.6 is 0 Å². The normalized spacial score (nSPS) is 10.3. The zero-order valence-electron chi connectivity index (χ0n) is 11.4. The van der Waals surface area contributed by atoms with Crippen molar-refractivity contribution in [2.75, 3.05) is 18.6 Å². The molecule has 2 rings (SSSR count). The Labute approximate surface area is 117 Å². The minimum atomic E-state index is 0.328. The lowest BCUT2D eigenvalue weighted by atomic mass is 10.3. The van der Waals surface area contributed by atoms with E-state index in [9.17, 15) is 0 Å². The smallest absolute Gasteiger partial charge is 0.156 e. The largest absolute Gasteiger partial charge is 0.491 e. The maximum Gasteiger partial charge on any atom is 0.156 e. The molecule has 0 unspecified atom stereocenters. The molecule has 0 aliphatic rings. The number of ether oxygens (including phenoxy) is 2. The van der Waals surface area contributed by atoms with E-state index in [0.717, 1.165) is 11.4 Å². The Balaban J connectivity index is 1.72. The summed E-state index contributed by atoms with van der Waals surface area (Å²) in [6.45, 7) is 3.16. The Bertz CT molecular complexity index is 534. The van der Waals surface area contributed by atoms with Crippen molar-refractivity contribution in [3.63, 3.8) is 0 Å². The number of para-hydroxylation sites is 1. The van der Waals surface area contributed by atoms with Gasteiger partial charge in [-0.25, -0.2) is 15.8 Å². The first-order chi connectivity index (χ1) is 9.78. The van der Waals surface area contributed by atoms with Gasteiger partial charge in [0.15, 0.2) is 5.82 Å². The average Bonchev–Trinajstić information content (AvgIpc) is 2.47. The molecule has 106 valence electrons. The fraction of sp³-hybridized carbons (Fsp3) is 0.286. The Morgan fingerprint density at radius 3 is 2.70 bits per heavy atom. The van der Waals surface area contributed by atoms with Crippen molar-refractivity contribution >= 4 is 5.82 Å². The van der Waals surface area contributed by atoms with Crippen molar-refractivity contribution in [2.45, 2.75) is 13.5 Å². The fourth-order valence-electron chi connectivity index (χ4n) is 1.67. The number of anilines is 1. The standard InChI is InChI=1S/C14H18N4O2/c1-11-9-13(18-15)17-14(16-11)10-19-7-8-20-12-5-3-2-4-6-12/h2-6,9H,7-8,10,15H2,1H3,(H,16,17,18). The molecule has 1 aromatic carbocycles. The molecule has 0 fully saturated rings. The highest BCUT2D eigenvalue weighted by molar-refractivity contribution is 5.33. The monoisotopic (exact) mass is 274 g/mol. The highest BCUT2D eigenvalue weighted by atomic mass is 16.5. The van der Waals surface area contributed by atoms with Gasteiger partial charge in [0.25, 0.3) is 0 Å². The number of nitrogens with two attached hydrogens (primary N) is 1. The summed E-state index contributed by atoms with van der Waals surface area (Å²) < 4.78 is 11.0. The summed E-state index contributed by atoms with van der Waals surface area (Å²) in [4.78, 5) is 8.46. The van der Waals surface area contributed by atoms with E-state index in [0.29, 0.717) is 31.5 Å². The maximum atomic E-state index is 5.51. The molecule has 0 aliphatic heterocycles. The van der Waals surface area contributed by atoms with Crippen LogP contribution in [0.3, 0.4) is 0 Å². The molecule has 6 heteroatoms. The van der Waals surface area contributed by atoms with E-state index in [1.54, 1.807) is 6.07 Å². The molecular weight excluding hydrogens is 256 g/mol. The second-order valence-corrected chi connectivity index (χ2v) is 4.17. The van der Waals surface area contributed by atoms with Gasteiger partial charge in [-0.15, -0.1) is 0 Å². The fourth-order valence-corrected chi connectivity index (χ4v) is 1.67. The zero-order valence-corrected chi connectivity index (χ0v) is 11.4. The van der Waals surface area contributed by atoms with Crippen LogP contribution in [0.1, 0.15) is 11.5 Å². The number of aromatic nitrogens is 2. The van der Waals surface area contributed by atoms with Gasteiger partial charge in [0, 0.05) is 11.8 Å². The number of benzene rings is 1. The van der Waals surface area contributed by atoms with Crippen LogP contribution in [0.5, 0.6) is 5.75 Å². The molecule has 1 aromatic heterocycles. The number of hydrazine groups is 1. The molecule has 0 aliphatic carbocycles. The van der Waals surface area contributed by atoms with Gasteiger partial charge in [0.05, 0.1) is 6.61 Å². The summed E-state index contributed by atoms with van der Waals surface area (Å²) in [7, 11) is 0. The van der Waals surface area contributed by atoms with Gasteiger partial charge in [0.2, 0.25) is 0 Å². The van der Waals surface area contributed by atoms with Gasteiger partial charge in [-0.1, -0.05) is 18.2 Å². The van der Waals surface area contributed by atoms with Crippen LogP contribution in [0.2, 0.25) is 0 Å². The SMILES string of the molecule is Cc1cc(NN)nc(COCCOc2ccccc2)n1. The van der Waals surface area contributed by atoms with E-state index in [-0.39, 0.29) is 0 Å². The quantitative estimate of drug-likeness (QED) is 0.454. The van der Waals surface area contributed by atoms with Crippen molar-refractivity contribution in [3.8, 4) is 5.75 Å².